The zero-order valence-electron chi connectivity index (χ0n) is 13.8. The fourth-order valence-electron chi connectivity index (χ4n) is 2.10. The van der Waals surface area contributed by atoms with E-state index in [1.165, 1.54) is 7.11 Å². The number of benzene rings is 2. The molecule has 0 aliphatic heterocycles. The number of para-hydroxylation sites is 1. The van der Waals surface area contributed by atoms with Crippen molar-refractivity contribution in [2.45, 2.75) is 26.2 Å². The Balaban J connectivity index is 2.22. The van der Waals surface area contributed by atoms with E-state index in [1.54, 1.807) is 36.4 Å². The summed E-state index contributed by atoms with van der Waals surface area (Å²) < 4.78 is 10.0. The molecule has 4 nitrogen and oxygen atoms in total. The minimum Gasteiger partial charge on any atom is -0.465 e. The number of carbonyl (C=O) groups excluding carboxylic acids is 2. The standard InChI is InChI=1S/C19H20O4/c1-19(2,3)14-11-9-13(10-12-14)17(20)23-16-8-6-5-7-15(16)18(21)22-4/h5-12H,1-4H3. The van der Waals surface area contributed by atoms with Gasteiger partial charge < -0.3 is 9.47 Å². The van der Waals surface area contributed by atoms with Gasteiger partial charge in [0.25, 0.3) is 0 Å². The van der Waals surface area contributed by atoms with E-state index in [1.807, 2.05) is 12.1 Å². The van der Waals surface area contributed by atoms with Gasteiger partial charge in [-0.05, 0) is 35.2 Å². The Labute approximate surface area is 136 Å². The molecular weight excluding hydrogens is 292 g/mol. The van der Waals surface area contributed by atoms with Gasteiger partial charge in [0.15, 0.2) is 0 Å². The van der Waals surface area contributed by atoms with Crippen LogP contribution in [0.25, 0.3) is 0 Å². The minimum absolute atomic E-state index is 0.0138. The summed E-state index contributed by atoms with van der Waals surface area (Å²) in [4.78, 5) is 24.0. The summed E-state index contributed by atoms with van der Waals surface area (Å²) in [7, 11) is 1.28. The molecule has 0 heterocycles. The van der Waals surface area contributed by atoms with E-state index in [0.717, 1.165) is 5.56 Å². The molecule has 2 rings (SSSR count). The van der Waals surface area contributed by atoms with Gasteiger partial charge >= 0.3 is 11.9 Å². The first-order valence-electron chi connectivity index (χ1n) is 7.33. The van der Waals surface area contributed by atoms with Crippen molar-refractivity contribution in [2.75, 3.05) is 7.11 Å². The molecule has 0 radical (unpaired) electrons. The van der Waals surface area contributed by atoms with Crippen molar-refractivity contribution in [3.05, 3.63) is 65.2 Å². The fourth-order valence-corrected chi connectivity index (χ4v) is 2.10. The second-order valence-electron chi connectivity index (χ2n) is 6.20. The van der Waals surface area contributed by atoms with Crippen LogP contribution in [0.5, 0.6) is 5.75 Å². The number of rotatable bonds is 3. The lowest BCUT2D eigenvalue weighted by molar-refractivity contribution is 0.0593. The van der Waals surface area contributed by atoms with Crippen LogP contribution in [0.15, 0.2) is 48.5 Å². The summed E-state index contributed by atoms with van der Waals surface area (Å²) >= 11 is 0. The molecule has 0 atom stereocenters. The normalized spacial score (nSPS) is 11.0. The summed E-state index contributed by atoms with van der Waals surface area (Å²) in [5, 5.41) is 0. The molecule has 120 valence electrons. The first-order chi connectivity index (χ1) is 10.8. The van der Waals surface area contributed by atoms with Crippen LogP contribution < -0.4 is 4.74 Å². The Morgan fingerprint density at radius 1 is 0.870 bits per heavy atom. The van der Waals surface area contributed by atoms with Gasteiger partial charge in [0, 0.05) is 0 Å². The maximum Gasteiger partial charge on any atom is 0.343 e. The highest BCUT2D eigenvalue weighted by atomic mass is 16.5. The van der Waals surface area contributed by atoms with Crippen LogP contribution >= 0.6 is 0 Å². The van der Waals surface area contributed by atoms with E-state index in [2.05, 4.69) is 25.5 Å². The van der Waals surface area contributed by atoms with Crippen molar-refractivity contribution in [3.63, 3.8) is 0 Å². The van der Waals surface area contributed by atoms with Gasteiger partial charge in [0.05, 0.1) is 12.7 Å². The molecule has 2 aromatic rings. The molecule has 0 spiro atoms. The summed E-state index contributed by atoms with van der Waals surface area (Å²) in [5.74, 6) is -0.873. The van der Waals surface area contributed by atoms with Crippen molar-refractivity contribution in [3.8, 4) is 5.75 Å². The second-order valence-corrected chi connectivity index (χ2v) is 6.20. The molecule has 2 aromatic carbocycles. The Morgan fingerprint density at radius 2 is 1.48 bits per heavy atom. The molecule has 0 aliphatic rings. The Hall–Kier alpha value is -2.62. The Kier molecular flexibility index (Phi) is 4.84. The smallest absolute Gasteiger partial charge is 0.343 e. The number of hydrogen-bond donors (Lipinski definition) is 0. The van der Waals surface area contributed by atoms with Gasteiger partial charge in [0.1, 0.15) is 11.3 Å². The summed E-state index contributed by atoms with van der Waals surface area (Å²) in [5.41, 5.74) is 1.79. The Bertz CT molecular complexity index is 709. The van der Waals surface area contributed by atoms with Crippen LogP contribution in [0.3, 0.4) is 0 Å². The SMILES string of the molecule is COC(=O)c1ccccc1OC(=O)c1ccc(C(C)(C)C)cc1. The highest BCUT2D eigenvalue weighted by molar-refractivity contribution is 5.96. The maximum absolute atomic E-state index is 12.3. The van der Waals surface area contributed by atoms with Crippen molar-refractivity contribution in [1.82, 2.24) is 0 Å². The molecule has 4 heteroatoms. The number of carbonyl (C=O) groups is 2. The van der Waals surface area contributed by atoms with Crippen LogP contribution in [0.1, 0.15) is 47.1 Å². The number of hydrogen-bond acceptors (Lipinski definition) is 4. The average molecular weight is 312 g/mol. The molecule has 0 unspecified atom stereocenters. The van der Waals surface area contributed by atoms with Crippen molar-refractivity contribution < 1.29 is 19.1 Å². The van der Waals surface area contributed by atoms with Gasteiger partial charge in [-0.15, -0.1) is 0 Å². The molecular formula is C19H20O4. The van der Waals surface area contributed by atoms with E-state index in [9.17, 15) is 9.59 Å². The molecule has 0 saturated carbocycles. The number of esters is 2. The Morgan fingerprint density at radius 3 is 2.04 bits per heavy atom. The lowest BCUT2D eigenvalue weighted by atomic mass is 9.87. The van der Waals surface area contributed by atoms with E-state index in [0.29, 0.717) is 5.56 Å². The van der Waals surface area contributed by atoms with Crippen LogP contribution in [-0.4, -0.2) is 19.0 Å². The number of methoxy groups -OCH3 is 1. The second kappa shape index (κ2) is 6.65. The van der Waals surface area contributed by atoms with E-state index in [-0.39, 0.29) is 16.7 Å². The zero-order valence-corrected chi connectivity index (χ0v) is 13.8. The topological polar surface area (TPSA) is 52.6 Å². The first-order valence-corrected chi connectivity index (χ1v) is 7.33. The minimum atomic E-state index is -0.545. The maximum atomic E-state index is 12.3. The average Bonchev–Trinajstić information content (AvgIpc) is 2.54. The van der Waals surface area contributed by atoms with Crippen LogP contribution in [0, 0.1) is 0 Å². The van der Waals surface area contributed by atoms with Gasteiger partial charge in [-0.1, -0.05) is 45.0 Å². The summed E-state index contributed by atoms with van der Waals surface area (Å²) in [6, 6.07) is 13.8. The molecule has 0 bridgehead atoms. The fraction of sp³-hybridized carbons (Fsp3) is 0.263. The van der Waals surface area contributed by atoms with Gasteiger partial charge in [-0.2, -0.15) is 0 Å². The molecule has 0 N–H and O–H groups in total. The van der Waals surface area contributed by atoms with Crippen molar-refractivity contribution in [2.24, 2.45) is 0 Å². The number of ether oxygens (including phenoxy) is 2. The largest absolute Gasteiger partial charge is 0.465 e. The van der Waals surface area contributed by atoms with Crippen molar-refractivity contribution >= 4 is 11.9 Å². The van der Waals surface area contributed by atoms with Crippen LogP contribution in [0.4, 0.5) is 0 Å². The third kappa shape index (κ3) is 3.97. The van der Waals surface area contributed by atoms with Gasteiger partial charge in [-0.3, -0.25) is 0 Å². The molecule has 0 saturated heterocycles. The van der Waals surface area contributed by atoms with Crippen LogP contribution in [-0.2, 0) is 10.2 Å². The first kappa shape index (κ1) is 16.7. The summed E-state index contributed by atoms with van der Waals surface area (Å²) in [6.45, 7) is 6.31. The molecule has 0 aromatic heterocycles. The summed E-state index contributed by atoms with van der Waals surface area (Å²) in [6.07, 6.45) is 0. The highest BCUT2D eigenvalue weighted by Crippen LogP contribution is 2.23. The van der Waals surface area contributed by atoms with Gasteiger partial charge in [-0.25, -0.2) is 9.59 Å². The van der Waals surface area contributed by atoms with E-state index < -0.39 is 11.9 Å². The lowest BCUT2D eigenvalue weighted by Gasteiger charge is -2.19. The third-order valence-corrected chi connectivity index (χ3v) is 3.48. The predicted octanol–water partition coefficient (Wildman–Crippen LogP) is 3.99. The molecule has 0 aliphatic carbocycles. The van der Waals surface area contributed by atoms with Gasteiger partial charge in [0.2, 0.25) is 0 Å². The quantitative estimate of drug-likeness (QED) is 0.635. The molecule has 0 amide bonds. The monoisotopic (exact) mass is 312 g/mol. The predicted molar refractivity (Wildman–Crippen MR) is 87.9 cm³/mol. The van der Waals surface area contributed by atoms with Crippen LogP contribution in [0.2, 0.25) is 0 Å². The third-order valence-electron chi connectivity index (χ3n) is 3.48. The molecule has 23 heavy (non-hydrogen) atoms. The van der Waals surface area contributed by atoms with E-state index >= 15 is 0 Å². The van der Waals surface area contributed by atoms with E-state index in [4.69, 9.17) is 4.74 Å². The molecule has 0 fully saturated rings. The lowest BCUT2D eigenvalue weighted by Crippen LogP contribution is -2.14. The highest BCUT2D eigenvalue weighted by Gasteiger charge is 2.18. The zero-order chi connectivity index (χ0) is 17.0. The van der Waals surface area contributed by atoms with Crippen molar-refractivity contribution in [1.29, 1.82) is 0 Å².